The van der Waals surface area contributed by atoms with Gasteiger partial charge in [0.15, 0.2) is 0 Å². The van der Waals surface area contributed by atoms with Gasteiger partial charge in [-0.2, -0.15) is 0 Å². The van der Waals surface area contributed by atoms with Crippen molar-refractivity contribution >= 4 is 21.6 Å². The van der Waals surface area contributed by atoms with Gasteiger partial charge in [0.05, 0.1) is 15.2 Å². The molecule has 0 bridgehead atoms. The molecule has 4 rings (SSSR count). The van der Waals surface area contributed by atoms with E-state index in [0.717, 1.165) is 5.92 Å². The van der Waals surface area contributed by atoms with Gasteiger partial charge in [-0.05, 0) is 56.8 Å². The molecule has 21 heavy (non-hydrogen) atoms. The van der Waals surface area contributed by atoms with Gasteiger partial charge in [-0.3, -0.25) is 0 Å². The second-order valence-corrected chi connectivity index (χ2v) is 7.81. The minimum Gasteiger partial charge on any atom is -0.303 e. The monoisotopic (exact) mass is 300 g/mol. The van der Waals surface area contributed by atoms with Crippen LogP contribution in [0.2, 0.25) is 0 Å². The molecule has 112 valence electrons. The minimum absolute atomic E-state index is 0.697. The lowest BCUT2D eigenvalue weighted by Gasteiger charge is -2.32. The zero-order chi connectivity index (χ0) is 14.1. The van der Waals surface area contributed by atoms with Crippen LogP contribution in [0.4, 0.5) is 0 Å². The van der Waals surface area contributed by atoms with Gasteiger partial charge in [-0.15, -0.1) is 11.3 Å². The molecule has 0 spiro atoms. The average molecular weight is 300 g/mol. The predicted octanol–water partition coefficient (Wildman–Crippen LogP) is 4.67. The highest BCUT2D eigenvalue weighted by Gasteiger charge is 2.25. The van der Waals surface area contributed by atoms with Crippen molar-refractivity contribution < 1.29 is 0 Å². The molecule has 2 aromatic rings. The lowest BCUT2D eigenvalue weighted by molar-refractivity contribution is 0.183. The van der Waals surface area contributed by atoms with Crippen LogP contribution < -0.4 is 0 Å². The normalized spacial score (nSPS) is 22.3. The summed E-state index contributed by atoms with van der Waals surface area (Å²) in [4.78, 5) is 7.57. The molecule has 2 heterocycles. The molecule has 3 heteroatoms. The number of thiazole rings is 1. The number of likely N-dealkylation sites (tertiary alicyclic amines) is 1. The average Bonchev–Trinajstić information content (AvgIpc) is 3.16. The van der Waals surface area contributed by atoms with Gasteiger partial charge in [0.1, 0.15) is 0 Å². The Morgan fingerprint density at radius 1 is 1.05 bits per heavy atom. The van der Waals surface area contributed by atoms with Crippen molar-refractivity contribution in [3.05, 3.63) is 29.3 Å². The van der Waals surface area contributed by atoms with Gasteiger partial charge in [-0.25, -0.2) is 4.98 Å². The Bertz CT molecular complexity index is 559. The number of fused-ring (bicyclic) bond motifs is 1. The number of hydrogen-bond acceptors (Lipinski definition) is 3. The smallest absolute Gasteiger partial charge is 0.0970 e. The molecule has 1 saturated carbocycles. The van der Waals surface area contributed by atoms with Crippen LogP contribution in [0.1, 0.15) is 49.5 Å². The third kappa shape index (κ3) is 3.00. The minimum atomic E-state index is 0.697. The van der Waals surface area contributed by atoms with Crippen LogP contribution >= 0.6 is 11.3 Å². The maximum atomic E-state index is 4.86. The fraction of sp³-hybridized carbons (Fsp3) is 0.611. The van der Waals surface area contributed by atoms with Crippen molar-refractivity contribution in [3.8, 4) is 0 Å². The van der Waals surface area contributed by atoms with E-state index in [2.05, 4.69) is 29.2 Å². The maximum Gasteiger partial charge on any atom is 0.0970 e. The van der Waals surface area contributed by atoms with Gasteiger partial charge in [0.25, 0.3) is 0 Å². The summed E-state index contributed by atoms with van der Waals surface area (Å²) in [6.07, 6.45) is 8.47. The van der Waals surface area contributed by atoms with Crippen molar-refractivity contribution in [2.24, 2.45) is 5.92 Å². The number of piperidine rings is 1. The Hall–Kier alpha value is -0.930. The number of benzene rings is 1. The highest BCUT2D eigenvalue weighted by Crippen LogP contribution is 2.34. The van der Waals surface area contributed by atoms with E-state index < -0.39 is 0 Å². The zero-order valence-corrected chi connectivity index (χ0v) is 13.4. The van der Waals surface area contributed by atoms with Crippen molar-refractivity contribution in [2.75, 3.05) is 19.6 Å². The number of para-hydroxylation sites is 1. The second-order valence-electron chi connectivity index (χ2n) is 6.75. The summed E-state index contributed by atoms with van der Waals surface area (Å²) in [5, 5.41) is 1.37. The third-order valence-electron chi connectivity index (χ3n) is 5.24. The van der Waals surface area contributed by atoms with Crippen LogP contribution in [0.25, 0.3) is 10.2 Å². The van der Waals surface area contributed by atoms with Gasteiger partial charge in [-0.1, -0.05) is 25.0 Å². The number of nitrogens with zero attached hydrogens (tertiary/aromatic N) is 2. The van der Waals surface area contributed by atoms with E-state index in [1.807, 2.05) is 11.3 Å². The Labute approximate surface area is 131 Å². The third-order valence-corrected chi connectivity index (χ3v) is 6.44. The van der Waals surface area contributed by atoms with E-state index in [0.29, 0.717) is 5.92 Å². The van der Waals surface area contributed by atoms with Gasteiger partial charge in [0.2, 0.25) is 0 Å². The molecule has 2 nitrogen and oxygen atoms in total. The van der Waals surface area contributed by atoms with Gasteiger partial charge in [0, 0.05) is 12.5 Å². The summed E-state index contributed by atoms with van der Waals surface area (Å²) in [6, 6.07) is 8.56. The molecule has 1 aliphatic carbocycles. The fourth-order valence-corrected chi connectivity index (χ4v) is 5.12. The Morgan fingerprint density at radius 3 is 2.57 bits per heavy atom. The number of rotatable bonds is 3. The fourth-order valence-electron chi connectivity index (χ4n) is 3.99. The van der Waals surface area contributed by atoms with Crippen LogP contribution in [0.3, 0.4) is 0 Å². The lowest BCUT2D eigenvalue weighted by Crippen LogP contribution is -2.36. The first-order valence-electron chi connectivity index (χ1n) is 8.46. The predicted molar refractivity (Wildman–Crippen MR) is 90.0 cm³/mol. The number of aromatic nitrogens is 1. The van der Waals surface area contributed by atoms with Crippen molar-refractivity contribution in [1.29, 1.82) is 0 Å². The molecule has 0 N–H and O–H groups in total. The van der Waals surface area contributed by atoms with Crippen LogP contribution in [0.15, 0.2) is 24.3 Å². The molecule has 1 saturated heterocycles. The summed E-state index contributed by atoms with van der Waals surface area (Å²) in [6.45, 7) is 3.90. The van der Waals surface area contributed by atoms with E-state index in [1.54, 1.807) is 0 Å². The topological polar surface area (TPSA) is 16.1 Å². The molecule has 1 aliphatic heterocycles. The van der Waals surface area contributed by atoms with Crippen LogP contribution in [0.5, 0.6) is 0 Å². The van der Waals surface area contributed by atoms with E-state index in [9.17, 15) is 0 Å². The molecule has 0 radical (unpaired) electrons. The first-order chi connectivity index (χ1) is 10.4. The van der Waals surface area contributed by atoms with E-state index in [1.165, 1.54) is 73.4 Å². The standard InChI is InChI=1S/C18H24N2S/c1-2-6-14(5-1)13-20-11-9-15(10-12-20)18-19-16-7-3-4-8-17(16)21-18/h3-4,7-8,14-15H,1-2,5-6,9-13H2. The first kappa shape index (κ1) is 13.7. The summed E-state index contributed by atoms with van der Waals surface area (Å²) in [7, 11) is 0. The van der Waals surface area contributed by atoms with Crippen LogP contribution in [-0.2, 0) is 0 Å². The molecule has 0 amide bonds. The first-order valence-corrected chi connectivity index (χ1v) is 9.28. The summed E-state index contributed by atoms with van der Waals surface area (Å²) in [5.41, 5.74) is 1.19. The van der Waals surface area contributed by atoms with Crippen molar-refractivity contribution in [1.82, 2.24) is 9.88 Å². The summed E-state index contributed by atoms with van der Waals surface area (Å²) < 4.78 is 1.35. The summed E-state index contributed by atoms with van der Waals surface area (Å²) in [5.74, 6) is 1.69. The van der Waals surface area contributed by atoms with Gasteiger partial charge < -0.3 is 4.90 Å². The quantitative estimate of drug-likeness (QED) is 0.819. The van der Waals surface area contributed by atoms with E-state index >= 15 is 0 Å². The number of hydrogen-bond donors (Lipinski definition) is 0. The maximum absolute atomic E-state index is 4.86. The molecule has 1 aromatic carbocycles. The zero-order valence-electron chi connectivity index (χ0n) is 12.6. The van der Waals surface area contributed by atoms with Crippen molar-refractivity contribution in [2.45, 2.75) is 44.4 Å². The Morgan fingerprint density at radius 2 is 1.81 bits per heavy atom. The Kier molecular flexibility index (Phi) is 3.95. The molecule has 2 fully saturated rings. The van der Waals surface area contributed by atoms with E-state index in [4.69, 9.17) is 4.98 Å². The second kappa shape index (κ2) is 6.05. The van der Waals surface area contributed by atoms with Crippen molar-refractivity contribution in [3.63, 3.8) is 0 Å². The van der Waals surface area contributed by atoms with Crippen LogP contribution in [0, 0.1) is 5.92 Å². The van der Waals surface area contributed by atoms with Crippen LogP contribution in [-0.4, -0.2) is 29.5 Å². The molecule has 0 atom stereocenters. The SMILES string of the molecule is c1ccc2sc(C3CCN(CC4CCCC4)CC3)nc2c1. The lowest BCUT2D eigenvalue weighted by atomic mass is 9.96. The molecular weight excluding hydrogens is 276 g/mol. The van der Waals surface area contributed by atoms with Gasteiger partial charge >= 0.3 is 0 Å². The molecule has 1 aromatic heterocycles. The van der Waals surface area contributed by atoms with E-state index in [-0.39, 0.29) is 0 Å². The largest absolute Gasteiger partial charge is 0.303 e. The Balaban J connectivity index is 1.38. The molecule has 2 aliphatic rings. The molecule has 0 unspecified atom stereocenters. The highest BCUT2D eigenvalue weighted by atomic mass is 32.1. The highest BCUT2D eigenvalue weighted by molar-refractivity contribution is 7.18. The summed E-state index contributed by atoms with van der Waals surface area (Å²) >= 11 is 1.91. The molecular formula is C18H24N2S.